The fraction of sp³-hybridized carbons (Fsp3) is 0.588. The van der Waals surface area contributed by atoms with Gasteiger partial charge >= 0.3 is 0 Å². The second kappa shape index (κ2) is 3.85. The van der Waals surface area contributed by atoms with E-state index in [1.165, 1.54) is 23.1 Å². The van der Waals surface area contributed by atoms with E-state index in [2.05, 4.69) is 53.7 Å². The molecule has 0 saturated heterocycles. The van der Waals surface area contributed by atoms with E-state index < -0.39 is 0 Å². The van der Waals surface area contributed by atoms with Gasteiger partial charge in [0, 0.05) is 0 Å². The molecular weight excluding hydrogens is 218 g/mol. The Kier molecular flexibility index (Phi) is 2.81. The molecule has 0 aliphatic heterocycles. The van der Waals surface area contributed by atoms with Gasteiger partial charge in [-0.25, -0.2) is 0 Å². The second-order valence-electron chi connectivity index (χ2n) is 6.70. The molecular formula is C17H23N. The summed E-state index contributed by atoms with van der Waals surface area (Å²) < 4.78 is 0. The first-order valence-corrected chi connectivity index (χ1v) is 6.82. The highest BCUT2D eigenvalue weighted by Crippen LogP contribution is 2.53. The van der Waals surface area contributed by atoms with Crippen molar-refractivity contribution in [2.24, 2.45) is 0 Å². The molecule has 0 heterocycles. The summed E-state index contributed by atoms with van der Waals surface area (Å²) in [6, 6.07) is 4.63. The number of rotatable bonds is 1. The highest BCUT2D eigenvalue weighted by atomic mass is 14.5. The third kappa shape index (κ3) is 1.59. The Morgan fingerprint density at radius 2 is 1.89 bits per heavy atom. The van der Waals surface area contributed by atoms with Crippen molar-refractivity contribution in [3.63, 3.8) is 0 Å². The number of hydrogen-bond acceptors (Lipinski definition) is 1. The van der Waals surface area contributed by atoms with Crippen molar-refractivity contribution in [1.29, 1.82) is 5.26 Å². The molecule has 1 nitrogen and oxygen atoms in total. The average Bonchev–Trinajstić information content (AvgIpc) is 2.47. The Bertz CT molecular complexity index is 546. The summed E-state index contributed by atoms with van der Waals surface area (Å²) in [4.78, 5) is 0. The van der Waals surface area contributed by atoms with Crippen LogP contribution in [-0.4, -0.2) is 0 Å². The molecule has 1 aromatic carbocycles. The van der Waals surface area contributed by atoms with Crippen molar-refractivity contribution >= 4 is 0 Å². The molecule has 0 fully saturated rings. The zero-order chi connectivity index (χ0) is 13.7. The first-order valence-electron chi connectivity index (χ1n) is 6.82. The number of benzene rings is 1. The topological polar surface area (TPSA) is 23.8 Å². The lowest BCUT2D eigenvalue weighted by atomic mass is 9.77. The van der Waals surface area contributed by atoms with Gasteiger partial charge in [-0.1, -0.05) is 33.8 Å². The SMILES string of the molecule is CCC1(C)CC(C)(C)c2cc(C)c(C#N)c(C)c21. The lowest BCUT2D eigenvalue weighted by Crippen LogP contribution is -2.21. The molecule has 0 radical (unpaired) electrons. The smallest absolute Gasteiger partial charge is 0.0997 e. The molecule has 1 atom stereocenters. The van der Waals surface area contributed by atoms with E-state index in [0.717, 1.165) is 17.5 Å². The highest BCUT2D eigenvalue weighted by molar-refractivity contribution is 5.58. The molecule has 1 aromatic rings. The Morgan fingerprint density at radius 3 is 2.39 bits per heavy atom. The van der Waals surface area contributed by atoms with E-state index in [1.54, 1.807) is 0 Å². The minimum atomic E-state index is 0.224. The first kappa shape index (κ1) is 13.1. The van der Waals surface area contributed by atoms with Crippen molar-refractivity contribution in [1.82, 2.24) is 0 Å². The maximum absolute atomic E-state index is 9.35. The summed E-state index contributed by atoms with van der Waals surface area (Å²) in [7, 11) is 0. The van der Waals surface area contributed by atoms with Crippen LogP contribution in [0.2, 0.25) is 0 Å². The molecule has 18 heavy (non-hydrogen) atoms. The van der Waals surface area contributed by atoms with Crippen LogP contribution in [0.1, 0.15) is 68.4 Å². The molecule has 0 aromatic heterocycles. The van der Waals surface area contributed by atoms with Gasteiger partial charge in [-0.15, -0.1) is 0 Å². The number of fused-ring (bicyclic) bond motifs is 1. The molecule has 1 heteroatoms. The van der Waals surface area contributed by atoms with E-state index in [9.17, 15) is 5.26 Å². The molecule has 0 amide bonds. The quantitative estimate of drug-likeness (QED) is 0.709. The summed E-state index contributed by atoms with van der Waals surface area (Å²) in [6.07, 6.45) is 2.32. The number of hydrogen-bond donors (Lipinski definition) is 0. The number of aryl methyl sites for hydroxylation is 1. The predicted molar refractivity (Wildman–Crippen MR) is 75.9 cm³/mol. The molecule has 0 saturated carbocycles. The van der Waals surface area contributed by atoms with E-state index >= 15 is 0 Å². The monoisotopic (exact) mass is 241 g/mol. The third-order valence-corrected chi connectivity index (χ3v) is 4.83. The first-order chi connectivity index (χ1) is 8.27. The van der Waals surface area contributed by atoms with Gasteiger partial charge in [-0.2, -0.15) is 5.26 Å². The molecule has 96 valence electrons. The van der Waals surface area contributed by atoms with Crippen LogP contribution < -0.4 is 0 Å². The van der Waals surface area contributed by atoms with Crippen molar-refractivity contribution in [2.45, 2.75) is 65.2 Å². The molecule has 0 spiro atoms. The number of nitriles is 1. The van der Waals surface area contributed by atoms with E-state index in [1.807, 2.05) is 0 Å². The summed E-state index contributed by atoms with van der Waals surface area (Å²) in [5.41, 5.74) is 6.57. The summed E-state index contributed by atoms with van der Waals surface area (Å²) in [5, 5.41) is 9.35. The molecule has 1 aliphatic rings. The van der Waals surface area contributed by atoms with Crippen LogP contribution in [-0.2, 0) is 10.8 Å². The highest BCUT2D eigenvalue weighted by Gasteiger charge is 2.45. The van der Waals surface area contributed by atoms with Crippen molar-refractivity contribution in [2.75, 3.05) is 0 Å². The fourth-order valence-electron chi connectivity index (χ4n) is 3.93. The minimum Gasteiger partial charge on any atom is -0.192 e. The van der Waals surface area contributed by atoms with Crippen LogP contribution in [0, 0.1) is 25.2 Å². The van der Waals surface area contributed by atoms with Crippen molar-refractivity contribution in [3.8, 4) is 6.07 Å². The van der Waals surface area contributed by atoms with E-state index in [-0.39, 0.29) is 10.8 Å². The van der Waals surface area contributed by atoms with E-state index in [4.69, 9.17) is 0 Å². The fourth-order valence-corrected chi connectivity index (χ4v) is 3.93. The van der Waals surface area contributed by atoms with Gasteiger partial charge in [0.25, 0.3) is 0 Å². The van der Waals surface area contributed by atoms with Gasteiger partial charge in [0.15, 0.2) is 0 Å². The lowest BCUT2D eigenvalue weighted by molar-refractivity contribution is 0.366. The van der Waals surface area contributed by atoms with Crippen LogP contribution in [0.4, 0.5) is 0 Å². The number of nitrogens with zero attached hydrogens (tertiary/aromatic N) is 1. The lowest BCUT2D eigenvalue weighted by Gasteiger charge is -2.27. The summed E-state index contributed by atoms with van der Waals surface area (Å²) >= 11 is 0. The molecule has 1 aliphatic carbocycles. The zero-order valence-corrected chi connectivity index (χ0v) is 12.4. The van der Waals surface area contributed by atoms with Gasteiger partial charge in [0.1, 0.15) is 0 Å². The maximum Gasteiger partial charge on any atom is 0.0997 e. The average molecular weight is 241 g/mol. The Labute approximate surface area is 111 Å². The van der Waals surface area contributed by atoms with E-state index in [0.29, 0.717) is 0 Å². The third-order valence-electron chi connectivity index (χ3n) is 4.83. The molecule has 0 N–H and O–H groups in total. The predicted octanol–water partition coefficient (Wildman–Crippen LogP) is 4.52. The summed E-state index contributed by atoms with van der Waals surface area (Å²) in [6.45, 7) is 13.5. The Balaban J connectivity index is 2.84. The van der Waals surface area contributed by atoms with Gasteiger partial charge in [0.05, 0.1) is 11.6 Å². The summed E-state index contributed by atoms with van der Waals surface area (Å²) in [5.74, 6) is 0. The van der Waals surface area contributed by atoms with Crippen LogP contribution >= 0.6 is 0 Å². The molecule has 2 rings (SSSR count). The van der Waals surface area contributed by atoms with Crippen LogP contribution in [0.15, 0.2) is 6.07 Å². The largest absolute Gasteiger partial charge is 0.192 e. The Morgan fingerprint density at radius 1 is 1.28 bits per heavy atom. The normalized spacial score (nSPS) is 24.7. The van der Waals surface area contributed by atoms with Crippen molar-refractivity contribution < 1.29 is 0 Å². The molecule has 0 bridgehead atoms. The van der Waals surface area contributed by atoms with Crippen LogP contribution in [0.5, 0.6) is 0 Å². The molecule has 1 unspecified atom stereocenters. The standard InChI is InChI=1S/C17H23N/c1-7-17(6)10-16(4,5)14-8-11(2)13(9-18)12(3)15(14)17/h8H,7,10H2,1-6H3. The van der Waals surface area contributed by atoms with Crippen molar-refractivity contribution in [3.05, 3.63) is 33.9 Å². The van der Waals surface area contributed by atoms with Gasteiger partial charge in [-0.3, -0.25) is 0 Å². The van der Waals surface area contributed by atoms with Crippen LogP contribution in [0.25, 0.3) is 0 Å². The van der Waals surface area contributed by atoms with Crippen LogP contribution in [0.3, 0.4) is 0 Å². The van der Waals surface area contributed by atoms with Gasteiger partial charge in [0.2, 0.25) is 0 Å². The zero-order valence-electron chi connectivity index (χ0n) is 12.4. The van der Waals surface area contributed by atoms with Gasteiger partial charge in [-0.05, 0) is 59.8 Å². The minimum absolute atomic E-state index is 0.224. The maximum atomic E-state index is 9.35. The Hall–Kier alpha value is -1.29. The second-order valence-corrected chi connectivity index (χ2v) is 6.70. The van der Waals surface area contributed by atoms with Gasteiger partial charge < -0.3 is 0 Å².